The van der Waals surface area contributed by atoms with Gasteiger partial charge in [-0.05, 0) is 52.9 Å². The van der Waals surface area contributed by atoms with Gasteiger partial charge in [-0.2, -0.15) is 0 Å². The van der Waals surface area contributed by atoms with Crippen molar-refractivity contribution >= 4 is 5.97 Å². The molecule has 0 unspecified atom stereocenters. The lowest BCUT2D eigenvalue weighted by Crippen LogP contribution is -2.36. The van der Waals surface area contributed by atoms with Crippen LogP contribution in [0.3, 0.4) is 0 Å². The molecule has 4 aromatic rings. The van der Waals surface area contributed by atoms with E-state index >= 15 is 0 Å². The van der Waals surface area contributed by atoms with Crippen LogP contribution in [-0.2, 0) is 22.5 Å². The number of aromatic hydroxyl groups is 1. The molecular formula is C36H39NO10. The molecule has 11 nitrogen and oxygen atoms in total. The van der Waals surface area contributed by atoms with Gasteiger partial charge >= 0.3 is 5.97 Å². The van der Waals surface area contributed by atoms with Crippen molar-refractivity contribution in [3.05, 3.63) is 105 Å². The van der Waals surface area contributed by atoms with Crippen LogP contribution in [0.15, 0.2) is 69.9 Å². The van der Waals surface area contributed by atoms with E-state index in [0.717, 1.165) is 16.7 Å². The molecule has 3 aromatic carbocycles. The lowest BCUT2D eigenvalue weighted by atomic mass is 9.87. The maximum Gasteiger partial charge on any atom is 0.306 e. The molecule has 47 heavy (non-hydrogen) atoms. The van der Waals surface area contributed by atoms with Crippen LogP contribution in [0, 0.1) is 0 Å². The number of rotatable bonds is 12. The van der Waals surface area contributed by atoms with Crippen molar-refractivity contribution in [3.63, 3.8) is 0 Å². The first-order valence-electron chi connectivity index (χ1n) is 15.0. The summed E-state index contributed by atoms with van der Waals surface area (Å²) in [6, 6.07) is 17.7. The SMILES string of the molecule is COC(=O)C[C@H](c1ccccc1)c1oc(CN2CCc3cc(OC)c(OC)cc3[C@H]2c2cc(OC)c(OC)c(OC)c2)cc(=O)c1O. The fourth-order valence-electron chi connectivity index (χ4n) is 6.18. The molecule has 11 heteroatoms. The summed E-state index contributed by atoms with van der Waals surface area (Å²) in [5.74, 6) is 1.13. The van der Waals surface area contributed by atoms with E-state index in [4.69, 9.17) is 32.8 Å². The van der Waals surface area contributed by atoms with Crippen molar-refractivity contribution in [1.29, 1.82) is 0 Å². The van der Waals surface area contributed by atoms with Crippen molar-refractivity contribution < 1.29 is 42.7 Å². The molecule has 1 aliphatic heterocycles. The highest BCUT2D eigenvalue weighted by Gasteiger charge is 2.34. The van der Waals surface area contributed by atoms with Gasteiger partial charge < -0.3 is 37.9 Å². The fourth-order valence-corrected chi connectivity index (χ4v) is 6.18. The first-order chi connectivity index (χ1) is 22.8. The zero-order valence-electron chi connectivity index (χ0n) is 27.3. The van der Waals surface area contributed by atoms with Crippen molar-refractivity contribution in [2.45, 2.75) is 31.3 Å². The Balaban J connectivity index is 1.65. The lowest BCUT2D eigenvalue weighted by Gasteiger charge is -2.38. The minimum Gasteiger partial charge on any atom is -0.502 e. The molecule has 0 saturated carbocycles. The zero-order valence-corrected chi connectivity index (χ0v) is 27.3. The van der Waals surface area contributed by atoms with Crippen LogP contribution in [0.1, 0.15) is 52.2 Å². The maximum atomic E-state index is 13.2. The average molecular weight is 646 g/mol. The van der Waals surface area contributed by atoms with E-state index in [1.165, 1.54) is 13.2 Å². The summed E-state index contributed by atoms with van der Waals surface area (Å²) in [5, 5.41) is 10.9. The van der Waals surface area contributed by atoms with Gasteiger partial charge in [-0.25, -0.2) is 0 Å². The number of nitrogens with zero attached hydrogens (tertiary/aromatic N) is 1. The quantitative estimate of drug-likeness (QED) is 0.204. The highest BCUT2D eigenvalue weighted by atomic mass is 16.5. The van der Waals surface area contributed by atoms with E-state index in [9.17, 15) is 14.7 Å². The molecule has 0 fully saturated rings. The summed E-state index contributed by atoms with van der Waals surface area (Å²) in [6.45, 7) is 0.769. The predicted molar refractivity (Wildman–Crippen MR) is 173 cm³/mol. The largest absolute Gasteiger partial charge is 0.502 e. The summed E-state index contributed by atoms with van der Waals surface area (Å²) in [5.41, 5.74) is 2.93. The number of ether oxygens (including phenoxy) is 6. The average Bonchev–Trinajstić information content (AvgIpc) is 3.10. The minimum atomic E-state index is -0.749. The molecule has 2 atom stereocenters. The third-order valence-electron chi connectivity index (χ3n) is 8.45. The molecular weight excluding hydrogens is 606 g/mol. The Morgan fingerprint density at radius 2 is 1.51 bits per heavy atom. The van der Waals surface area contributed by atoms with Crippen LogP contribution < -0.4 is 29.1 Å². The molecule has 0 amide bonds. The van der Waals surface area contributed by atoms with Gasteiger partial charge in [-0.3, -0.25) is 14.5 Å². The number of hydrogen-bond donors (Lipinski definition) is 1. The first-order valence-corrected chi connectivity index (χ1v) is 15.0. The lowest BCUT2D eigenvalue weighted by molar-refractivity contribution is -0.140. The Hall–Kier alpha value is -5.16. The Bertz CT molecular complexity index is 1760. The Labute approximate surface area is 273 Å². The highest BCUT2D eigenvalue weighted by molar-refractivity contribution is 5.71. The standard InChI is InChI=1S/C36H39NO10/c1-41-28-14-22-12-13-37(33(25(22)18-29(28)42-2)23-15-30(43-3)36(46-6)31(16-23)44-4)20-24-17-27(38)34(40)35(47-24)26(19-32(39)45-5)21-10-8-7-9-11-21/h7-11,14-18,26,33,40H,12-13,19-20H2,1-6H3/t26-,33-/m1/s1. The van der Waals surface area contributed by atoms with Crippen LogP contribution in [0.2, 0.25) is 0 Å². The number of methoxy groups -OCH3 is 6. The Kier molecular flexibility index (Phi) is 10.3. The van der Waals surface area contributed by atoms with Gasteiger partial charge in [-0.15, -0.1) is 0 Å². The van der Waals surface area contributed by atoms with Crippen LogP contribution >= 0.6 is 0 Å². The molecule has 2 heterocycles. The van der Waals surface area contributed by atoms with Gasteiger partial charge in [0.05, 0.1) is 67.6 Å². The van der Waals surface area contributed by atoms with Gasteiger partial charge in [0.2, 0.25) is 16.9 Å². The molecule has 0 radical (unpaired) electrons. The molecule has 0 bridgehead atoms. The number of fused-ring (bicyclic) bond motifs is 1. The van der Waals surface area contributed by atoms with E-state index in [2.05, 4.69) is 4.90 Å². The molecule has 1 N–H and O–H groups in total. The summed E-state index contributed by atoms with van der Waals surface area (Å²) in [7, 11) is 9.15. The number of carbonyl (C=O) groups excluding carboxylic acids is 1. The second-order valence-corrected chi connectivity index (χ2v) is 11.0. The van der Waals surface area contributed by atoms with E-state index in [1.807, 2.05) is 54.6 Å². The van der Waals surface area contributed by atoms with E-state index in [0.29, 0.717) is 53.0 Å². The molecule has 0 aliphatic carbocycles. The van der Waals surface area contributed by atoms with Crippen molar-refractivity contribution in [1.82, 2.24) is 4.90 Å². The highest BCUT2D eigenvalue weighted by Crippen LogP contribution is 2.46. The van der Waals surface area contributed by atoms with Crippen LogP contribution in [0.5, 0.6) is 34.5 Å². The topological polar surface area (TPSA) is 126 Å². The Morgan fingerprint density at radius 1 is 0.872 bits per heavy atom. The molecule has 1 aliphatic rings. The molecule has 248 valence electrons. The smallest absolute Gasteiger partial charge is 0.306 e. The summed E-state index contributed by atoms with van der Waals surface area (Å²) < 4.78 is 39.5. The number of esters is 1. The van der Waals surface area contributed by atoms with Gasteiger partial charge in [-0.1, -0.05) is 30.3 Å². The van der Waals surface area contributed by atoms with Crippen molar-refractivity contribution in [3.8, 4) is 34.5 Å². The zero-order chi connectivity index (χ0) is 33.7. The summed E-state index contributed by atoms with van der Waals surface area (Å²) in [4.78, 5) is 27.8. The van der Waals surface area contributed by atoms with E-state index in [-0.39, 0.29) is 24.8 Å². The van der Waals surface area contributed by atoms with E-state index in [1.54, 1.807) is 35.5 Å². The van der Waals surface area contributed by atoms with Gasteiger partial charge in [0.1, 0.15) is 5.76 Å². The molecule has 5 rings (SSSR count). The molecule has 1 aromatic heterocycles. The van der Waals surface area contributed by atoms with Gasteiger partial charge in [0, 0.05) is 12.6 Å². The fraction of sp³-hybridized carbons (Fsp3) is 0.333. The van der Waals surface area contributed by atoms with Crippen molar-refractivity contribution in [2.24, 2.45) is 0 Å². The van der Waals surface area contributed by atoms with Crippen LogP contribution in [0.25, 0.3) is 0 Å². The summed E-state index contributed by atoms with van der Waals surface area (Å²) in [6.07, 6.45) is 0.536. The monoisotopic (exact) mass is 645 g/mol. The normalized spacial score (nSPS) is 14.9. The van der Waals surface area contributed by atoms with E-state index < -0.39 is 23.1 Å². The molecule has 0 saturated heterocycles. The number of carbonyl (C=O) groups is 1. The van der Waals surface area contributed by atoms with Crippen LogP contribution in [-0.4, -0.2) is 65.2 Å². The third-order valence-corrected chi connectivity index (χ3v) is 8.45. The summed E-state index contributed by atoms with van der Waals surface area (Å²) >= 11 is 0. The second kappa shape index (κ2) is 14.5. The predicted octanol–water partition coefficient (Wildman–Crippen LogP) is 5.23. The van der Waals surface area contributed by atoms with Gasteiger partial charge in [0.15, 0.2) is 28.8 Å². The van der Waals surface area contributed by atoms with Gasteiger partial charge in [0.25, 0.3) is 0 Å². The third kappa shape index (κ3) is 6.71. The van der Waals surface area contributed by atoms with Crippen molar-refractivity contribution in [2.75, 3.05) is 49.2 Å². The second-order valence-electron chi connectivity index (χ2n) is 11.0. The Morgan fingerprint density at radius 3 is 2.11 bits per heavy atom. The minimum absolute atomic E-state index is 0.00255. The molecule has 0 spiro atoms. The number of benzene rings is 3. The number of hydrogen-bond acceptors (Lipinski definition) is 11. The maximum absolute atomic E-state index is 13.2. The first kappa shape index (κ1) is 33.2. The van der Waals surface area contributed by atoms with Crippen LogP contribution in [0.4, 0.5) is 0 Å².